The Morgan fingerprint density at radius 3 is 2.36 bits per heavy atom. The summed E-state index contributed by atoms with van der Waals surface area (Å²) in [5.41, 5.74) is 0.925. The third kappa shape index (κ3) is 8.82. The van der Waals surface area contributed by atoms with Crippen molar-refractivity contribution in [3.05, 3.63) is 66.2 Å². The molecule has 8 heteroatoms. The molecule has 0 aliphatic heterocycles. The number of allylic oxidation sites excluding steroid dienone is 1. The fraction of sp³-hybridized carbons (Fsp3) is 0.360. The summed E-state index contributed by atoms with van der Waals surface area (Å²) >= 11 is 1.61. The number of aliphatic hydroxyl groups excluding tert-OH is 1. The average molecular weight is 474 g/mol. The van der Waals surface area contributed by atoms with Gasteiger partial charge in [0.15, 0.2) is 0 Å². The van der Waals surface area contributed by atoms with Crippen LogP contribution in [0.3, 0.4) is 0 Å². The number of ether oxygens (including phenoxy) is 2. The first-order chi connectivity index (χ1) is 15.7. The Balaban J connectivity index is 2.19. The lowest BCUT2D eigenvalue weighted by atomic mass is 9.78. The van der Waals surface area contributed by atoms with Gasteiger partial charge in [-0.2, -0.15) is 0 Å². The maximum atomic E-state index is 12.7. The zero-order chi connectivity index (χ0) is 24.3. The topological polar surface area (TPSA) is 105 Å². The molecule has 0 spiro atoms. The van der Waals surface area contributed by atoms with Crippen molar-refractivity contribution in [1.29, 1.82) is 0 Å². The average Bonchev–Trinajstić information content (AvgIpc) is 2.79. The zero-order valence-corrected chi connectivity index (χ0v) is 19.9. The lowest BCUT2D eigenvalue weighted by molar-refractivity contribution is -0.131. The van der Waals surface area contributed by atoms with E-state index in [-0.39, 0.29) is 13.2 Å². The second-order valence-electron chi connectivity index (χ2n) is 8.05. The number of thioether (sulfide) groups is 1. The molecule has 0 aliphatic carbocycles. The Morgan fingerprint density at radius 1 is 1.12 bits per heavy atom. The van der Waals surface area contributed by atoms with Crippen molar-refractivity contribution >= 4 is 29.5 Å². The number of nitrogens with one attached hydrogen (secondary N) is 1. The monoisotopic (exact) mass is 473 g/mol. The van der Waals surface area contributed by atoms with Gasteiger partial charge in [0.1, 0.15) is 18.5 Å². The molecule has 0 fully saturated rings. The first kappa shape index (κ1) is 26.3. The highest BCUT2D eigenvalue weighted by Crippen LogP contribution is 2.41. The number of hydrogen-bond acceptors (Lipinski definition) is 6. The quantitative estimate of drug-likeness (QED) is 0.275. The van der Waals surface area contributed by atoms with E-state index >= 15 is 0 Å². The highest BCUT2D eigenvalue weighted by Gasteiger charge is 2.34. The maximum absolute atomic E-state index is 12.7. The van der Waals surface area contributed by atoms with Crippen LogP contribution in [0.4, 0.5) is 10.5 Å². The van der Waals surface area contributed by atoms with Gasteiger partial charge in [-0.25, -0.2) is 9.59 Å². The minimum Gasteiger partial charge on any atom is -0.491 e. The predicted octanol–water partition coefficient (Wildman–Crippen LogP) is 5.52. The van der Waals surface area contributed by atoms with E-state index in [1.807, 2.05) is 56.5 Å². The van der Waals surface area contributed by atoms with Crippen LogP contribution in [0, 0.1) is 5.41 Å². The highest BCUT2D eigenvalue weighted by atomic mass is 32.2. The molecule has 0 aromatic heterocycles. The lowest BCUT2D eigenvalue weighted by Crippen LogP contribution is -2.29. The summed E-state index contributed by atoms with van der Waals surface area (Å²) in [6, 6.07) is 14.7. The minimum atomic E-state index is -0.994. The summed E-state index contributed by atoms with van der Waals surface area (Å²) in [4.78, 5) is 24.6. The van der Waals surface area contributed by atoms with Crippen LogP contribution in [0.2, 0.25) is 0 Å². The number of carbonyl (C=O) groups excluding carboxylic acids is 1. The molecular formula is C25H31NO6S. The number of aliphatic carboxylic acids is 1. The Kier molecular flexibility index (Phi) is 10.3. The number of carbonyl (C=O) groups is 2. The van der Waals surface area contributed by atoms with Gasteiger partial charge in [-0.1, -0.05) is 32.1 Å². The normalized spacial score (nSPS) is 12.4. The van der Waals surface area contributed by atoms with E-state index in [1.165, 1.54) is 0 Å². The van der Waals surface area contributed by atoms with Gasteiger partial charge in [0.25, 0.3) is 0 Å². The van der Waals surface area contributed by atoms with Crippen molar-refractivity contribution in [2.24, 2.45) is 5.41 Å². The van der Waals surface area contributed by atoms with Crippen LogP contribution in [0.15, 0.2) is 65.6 Å². The molecule has 2 rings (SSSR count). The van der Waals surface area contributed by atoms with Crippen LogP contribution >= 0.6 is 11.8 Å². The molecule has 1 amide bonds. The smallest absolute Gasteiger partial charge is 0.412 e. The first-order valence-electron chi connectivity index (χ1n) is 10.6. The van der Waals surface area contributed by atoms with E-state index in [0.29, 0.717) is 24.3 Å². The van der Waals surface area contributed by atoms with Gasteiger partial charge in [-0.05, 0) is 61.1 Å². The first-order valence-corrected chi connectivity index (χ1v) is 11.8. The summed E-state index contributed by atoms with van der Waals surface area (Å²) in [7, 11) is 0. The van der Waals surface area contributed by atoms with Crippen molar-refractivity contribution in [3.63, 3.8) is 0 Å². The second-order valence-corrected chi connectivity index (χ2v) is 8.93. The van der Waals surface area contributed by atoms with E-state index < -0.39 is 23.6 Å². The molecule has 7 nitrogen and oxygen atoms in total. The molecule has 0 unspecified atom stereocenters. The zero-order valence-electron chi connectivity index (χ0n) is 19.1. The fourth-order valence-electron chi connectivity index (χ4n) is 3.28. The van der Waals surface area contributed by atoms with Crippen LogP contribution in [0.1, 0.15) is 38.4 Å². The van der Waals surface area contributed by atoms with E-state index in [1.54, 1.807) is 30.0 Å². The Hall–Kier alpha value is -2.97. The number of anilines is 1. The third-order valence-electron chi connectivity index (χ3n) is 5.03. The number of aliphatic hydroxyl groups is 1. The molecule has 0 saturated carbocycles. The SMILES string of the molecule is CSc1ccc(NC(=O)O[C@H](c2ccc(OCCO)cc2)C(C)(C)CC/C=C/C(=O)O)cc1. The van der Waals surface area contributed by atoms with Crippen LogP contribution in [0.5, 0.6) is 5.75 Å². The molecule has 178 valence electrons. The Labute approximate surface area is 198 Å². The fourth-order valence-corrected chi connectivity index (χ4v) is 3.69. The third-order valence-corrected chi connectivity index (χ3v) is 5.77. The molecule has 0 aliphatic rings. The Morgan fingerprint density at radius 2 is 1.79 bits per heavy atom. The molecule has 0 heterocycles. The van der Waals surface area contributed by atoms with Gasteiger partial charge >= 0.3 is 12.1 Å². The number of hydrogen-bond donors (Lipinski definition) is 3. The van der Waals surface area contributed by atoms with E-state index in [0.717, 1.165) is 16.5 Å². The van der Waals surface area contributed by atoms with Crippen LogP contribution in [-0.2, 0) is 9.53 Å². The summed E-state index contributed by atoms with van der Waals surface area (Å²) in [5, 5.41) is 20.5. The van der Waals surface area contributed by atoms with Gasteiger partial charge in [-0.3, -0.25) is 5.32 Å². The largest absolute Gasteiger partial charge is 0.491 e. The van der Waals surface area contributed by atoms with Gasteiger partial charge in [0.05, 0.1) is 6.61 Å². The molecule has 0 bridgehead atoms. The van der Waals surface area contributed by atoms with E-state index in [9.17, 15) is 9.59 Å². The molecule has 1 atom stereocenters. The summed E-state index contributed by atoms with van der Waals surface area (Å²) in [6.45, 7) is 4.06. The van der Waals surface area contributed by atoms with Crippen LogP contribution in [-0.4, -0.2) is 41.7 Å². The van der Waals surface area contributed by atoms with E-state index in [4.69, 9.17) is 19.7 Å². The second kappa shape index (κ2) is 12.9. The Bertz CT molecular complexity index is 925. The molecule has 2 aromatic rings. The predicted molar refractivity (Wildman–Crippen MR) is 130 cm³/mol. The van der Waals surface area contributed by atoms with Crippen molar-refractivity contribution < 1.29 is 29.3 Å². The molecule has 33 heavy (non-hydrogen) atoms. The number of carboxylic acid groups (broad SMARTS) is 1. The minimum absolute atomic E-state index is 0.0809. The summed E-state index contributed by atoms with van der Waals surface area (Å²) in [6.07, 6.45) is 4.65. The van der Waals surface area contributed by atoms with Gasteiger partial charge in [0, 0.05) is 22.1 Å². The number of carboxylic acids is 1. The highest BCUT2D eigenvalue weighted by molar-refractivity contribution is 7.98. The molecular weight excluding hydrogens is 442 g/mol. The van der Waals surface area contributed by atoms with Gasteiger partial charge in [0.2, 0.25) is 0 Å². The lowest BCUT2D eigenvalue weighted by Gasteiger charge is -2.34. The molecule has 0 radical (unpaired) electrons. The van der Waals surface area contributed by atoms with Crippen molar-refractivity contribution in [3.8, 4) is 5.75 Å². The summed E-state index contributed by atoms with van der Waals surface area (Å²) < 4.78 is 11.3. The number of rotatable bonds is 12. The summed E-state index contributed by atoms with van der Waals surface area (Å²) in [5.74, 6) is -0.391. The van der Waals surface area contributed by atoms with Crippen molar-refractivity contribution in [1.82, 2.24) is 0 Å². The standard InChI is InChI=1S/C25H31NO6S/c1-25(2,15-5-4-6-22(28)29)23(18-7-11-20(12-8-18)31-17-16-27)32-24(30)26-19-9-13-21(33-3)14-10-19/h4,6-14,23,27H,5,15-17H2,1-3H3,(H,26,30)(H,28,29)/b6-4+/t23-/m1/s1. The maximum Gasteiger partial charge on any atom is 0.412 e. The van der Waals surface area contributed by atoms with Crippen LogP contribution in [0.25, 0.3) is 0 Å². The van der Waals surface area contributed by atoms with Gasteiger partial charge in [-0.15, -0.1) is 11.8 Å². The molecule has 2 aromatic carbocycles. The van der Waals surface area contributed by atoms with Crippen molar-refractivity contribution in [2.75, 3.05) is 24.8 Å². The molecule has 0 saturated heterocycles. The van der Waals surface area contributed by atoms with Gasteiger partial charge < -0.3 is 19.7 Å². The van der Waals surface area contributed by atoms with Crippen molar-refractivity contribution in [2.45, 2.75) is 37.7 Å². The molecule has 3 N–H and O–H groups in total. The van der Waals surface area contributed by atoms with E-state index in [2.05, 4.69) is 5.32 Å². The number of amides is 1. The van der Waals surface area contributed by atoms with Crippen LogP contribution < -0.4 is 10.1 Å². The number of benzene rings is 2.